The molecular weight excluding hydrogens is 332 g/mol. The summed E-state index contributed by atoms with van der Waals surface area (Å²) in [4.78, 5) is 12.4. The fourth-order valence-electron chi connectivity index (χ4n) is 2.41. The number of carbonyl (C=O) groups excluding carboxylic acids is 1. The van der Waals surface area contributed by atoms with Crippen LogP contribution in [-0.4, -0.2) is 28.2 Å². The highest BCUT2D eigenvalue weighted by Gasteiger charge is 2.16. The maximum absolute atomic E-state index is 12.4. The van der Waals surface area contributed by atoms with Crippen LogP contribution in [-0.2, 0) is 6.42 Å². The van der Waals surface area contributed by atoms with Crippen LogP contribution in [0.5, 0.6) is 23.0 Å². The summed E-state index contributed by atoms with van der Waals surface area (Å²) in [6, 6.07) is 8.50. The Balaban J connectivity index is 2.25. The van der Waals surface area contributed by atoms with Crippen LogP contribution in [0.15, 0.2) is 48.1 Å². The first-order valence-electron chi connectivity index (χ1n) is 8.10. The number of hydrogen-bond donors (Lipinski definition) is 3. The topological polar surface area (TPSA) is 87.0 Å². The summed E-state index contributed by atoms with van der Waals surface area (Å²) in [6.45, 7) is 4.04. The fourth-order valence-corrected chi connectivity index (χ4v) is 2.41. The number of ether oxygens (including phenoxy) is 1. The summed E-state index contributed by atoms with van der Waals surface area (Å²) in [7, 11) is 1.26. The van der Waals surface area contributed by atoms with Crippen LogP contribution in [0, 0.1) is 0 Å². The summed E-state index contributed by atoms with van der Waals surface area (Å²) >= 11 is 0. The molecule has 5 nitrogen and oxygen atoms in total. The summed E-state index contributed by atoms with van der Waals surface area (Å²) in [5.74, 6) is -1.86. The summed E-state index contributed by atoms with van der Waals surface area (Å²) in [5.41, 5.74) is 2.85. The average Bonchev–Trinajstić information content (AvgIpc) is 2.62. The molecule has 0 heterocycles. The standard InChI is InChI=1S/C21H22O5/c1-13(2)7-8-14-5-4-6-15(11-14)17(22)10-9-16-12-18(23)21(26-3)20(25)19(16)24/h4-7,9-12,23-25H,8H2,1-3H3. The van der Waals surface area contributed by atoms with Gasteiger partial charge in [0.1, 0.15) is 0 Å². The molecule has 5 heteroatoms. The van der Waals surface area contributed by atoms with Gasteiger partial charge < -0.3 is 20.1 Å². The molecule has 0 aromatic heterocycles. The number of benzene rings is 2. The van der Waals surface area contributed by atoms with Gasteiger partial charge in [0, 0.05) is 11.1 Å². The number of rotatable bonds is 6. The second-order valence-electron chi connectivity index (χ2n) is 6.10. The van der Waals surface area contributed by atoms with Crippen LogP contribution < -0.4 is 4.74 Å². The van der Waals surface area contributed by atoms with Gasteiger partial charge in [-0.15, -0.1) is 0 Å². The molecule has 2 aromatic carbocycles. The van der Waals surface area contributed by atoms with Crippen molar-refractivity contribution < 1.29 is 24.9 Å². The number of carbonyl (C=O) groups is 1. The lowest BCUT2D eigenvalue weighted by Gasteiger charge is -2.09. The minimum Gasteiger partial charge on any atom is -0.504 e. The molecule has 26 heavy (non-hydrogen) atoms. The zero-order valence-corrected chi connectivity index (χ0v) is 15.0. The molecule has 0 aliphatic carbocycles. The Hall–Kier alpha value is -3.21. The smallest absolute Gasteiger partial charge is 0.206 e. The van der Waals surface area contributed by atoms with E-state index < -0.39 is 11.5 Å². The Bertz CT molecular complexity index is 874. The lowest BCUT2D eigenvalue weighted by molar-refractivity contribution is 0.104. The Morgan fingerprint density at radius 1 is 1.12 bits per heavy atom. The first-order chi connectivity index (χ1) is 12.3. The number of hydrogen-bond acceptors (Lipinski definition) is 5. The minimum absolute atomic E-state index is 0.106. The van der Waals surface area contributed by atoms with Gasteiger partial charge in [0.2, 0.25) is 11.5 Å². The highest BCUT2D eigenvalue weighted by Crippen LogP contribution is 2.45. The molecule has 2 aromatic rings. The summed E-state index contributed by atoms with van der Waals surface area (Å²) in [6.07, 6.45) is 5.44. The van der Waals surface area contributed by atoms with E-state index in [1.807, 2.05) is 32.0 Å². The van der Waals surface area contributed by atoms with E-state index in [9.17, 15) is 20.1 Å². The number of phenols is 3. The first-order valence-corrected chi connectivity index (χ1v) is 8.10. The van der Waals surface area contributed by atoms with Gasteiger partial charge in [0.15, 0.2) is 17.3 Å². The van der Waals surface area contributed by atoms with E-state index in [0.29, 0.717) is 5.56 Å². The lowest BCUT2D eigenvalue weighted by Crippen LogP contribution is -1.96. The number of allylic oxidation sites excluding steroid dienone is 3. The Morgan fingerprint density at radius 2 is 1.85 bits per heavy atom. The number of methoxy groups -OCH3 is 1. The third-order valence-corrected chi connectivity index (χ3v) is 3.81. The van der Waals surface area contributed by atoms with E-state index >= 15 is 0 Å². The molecule has 2 rings (SSSR count). The first kappa shape index (κ1) is 19.1. The van der Waals surface area contributed by atoms with Crippen LogP contribution >= 0.6 is 0 Å². The van der Waals surface area contributed by atoms with E-state index in [0.717, 1.165) is 12.0 Å². The van der Waals surface area contributed by atoms with Gasteiger partial charge in [-0.3, -0.25) is 4.79 Å². The molecule has 0 unspecified atom stereocenters. The van der Waals surface area contributed by atoms with Crippen molar-refractivity contribution in [3.8, 4) is 23.0 Å². The van der Waals surface area contributed by atoms with Crippen molar-refractivity contribution in [1.29, 1.82) is 0 Å². The van der Waals surface area contributed by atoms with Crippen LogP contribution in [0.3, 0.4) is 0 Å². The van der Waals surface area contributed by atoms with Gasteiger partial charge in [-0.25, -0.2) is 0 Å². The maximum Gasteiger partial charge on any atom is 0.206 e. The monoisotopic (exact) mass is 354 g/mol. The zero-order chi connectivity index (χ0) is 19.3. The Kier molecular flexibility index (Phi) is 6.07. The van der Waals surface area contributed by atoms with Crippen molar-refractivity contribution >= 4 is 11.9 Å². The molecule has 3 N–H and O–H groups in total. The number of phenolic OH excluding ortho intramolecular Hbond substituents is 3. The van der Waals surface area contributed by atoms with Crippen molar-refractivity contribution in [2.45, 2.75) is 20.3 Å². The molecule has 0 spiro atoms. The van der Waals surface area contributed by atoms with E-state index in [1.54, 1.807) is 6.07 Å². The highest BCUT2D eigenvalue weighted by molar-refractivity contribution is 6.07. The molecule has 0 aliphatic heterocycles. The lowest BCUT2D eigenvalue weighted by atomic mass is 10.0. The fraction of sp³-hybridized carbons (Fsp3) is 0.190. The maximum atomic E-state index is 12.4. The van der Waals surface area contributed by atoms with Crippen molar-refractivity contribution in [2.75, 3.05) is 7.11 Å². The third-order valence-electron chi connectivity index (χ3n) is 3.81. The van der Waals surface area contributed by atoms with Crippen molar-refractivity contribution in [3.63, 3.8) is 0 Å². The van der Waals surface area contributed by atoms with Gasteiger partial charge in [0.25, 0.3) is 0 Å². The van der Waals surface area contributed by atoms with Gasteiger partial charge >= 0.3 is 0 Å². The quantitative estimate of drug-likeness (QED) is 0.238. The average molecular weight is 354 g/mol. The largest absolute Gasteiger partial charge is 0.504 e. The number of ketones is 1. The molecule has 136 valence electrons. The second-order valence-corrected chi connectivity index (χ2v) is 6.10. The summed E-state index contributed by atoms with van der Waals surface area (Å²) < 4.78 is 4.80. The van der Waals surface area contributed by atoms with Crippen molar-refractivity contribution in [2.24, 2.45) is 0 Å². The Labute approximate surface area is 152 Å². The van der Waals surface area contributed by atoms with Crippen LogP contribution in [0.25, 0.3) is 6.08 Å². The Morgan fingerprint density at radius 3 is 2.50 bits per heavy atom. The number of aromatic hydroxyl groups is 3. The zero-order valence-electron chi connectivity index (χ0n) is 15.0. The van der Waals surface area contributed by atoms with Crippen molar-refractivity contribution in [1.82, 2.24) is 0 Å². The third kappa shape index (κ3) is 4.45. The van der Waals surface area contributed by atoms with Gasteiger partial charge in [-0.2, -0.15) is 0 Å². The van der Waals surface area contributed by atoms with Crippen LogP contribution in [0.4, 0.5) is 0 Å². The minimum atomic E-state index is -0.580. The predicted octanol–water partition coefficient (Wildman–Crippen LogP) is 4.22. The molecule has 0 atom stereocenters. The van der Waals surface area contributed by atoms with Crippen LogP contribution in [0.2, 0.25) is 0 Å². The molecule has 0 fully saturated rings. The van der Waals surface area contributed by atoms with Gasteiger partial charge in [-0.05, 0) is 50.1 Å². The van der Waals surface area contributed by atoms with Gasteiger partial charge in [0.05, 0.1) is 7.11 Å². The molecule has 0 bridgehead atoms. The van der Waals surface area contributed by atoms with E-state index in [2.05, 4.69) is 6.08 Å². The van der Waals surface area contributed by atoms with Crippen molar-refractivity contribution in [3.05, 3.63) is 64.7 Å². The van der Waals surface area contributed by atoms with E-state index in [1.165, 1.54) is 30.9 Å². The predicted molar refractivity (Wildman–Crippen MR) is 101 cm³/mol. The molecular formula is C21H22O5. The van der Waals surface area contributed by atoms with Gasteiger partial charge in [-0.1, -0.05) is 29.8 Å². The van der Waals surface area contributed by atoms with E-state index in [4.69, 9.17) is 4.74 Å². The summed E-state index contributed by atoms with van der Waals surface area (Å²) in [5, 5.41) is 29.6. The molecule has 0 aliphatic rings. The molecule has 0 amide bonds. The SMILES string of the molecule is COc1c(O)cc(C=CC(=O)c2cccc(CC=C(C)C)c2)c(O)c1O. The molecule has 0 saturated carbocycles. The molecule has 0 saturated heterocycles. The van der Waals surface area contributed by atoms with E-state index in [-0.39, 0.29) is 22.8 Å². The van der Waals surface area contributed by atoms with Crippen LogP contribution in [0.1, 0.15) is 35.3 Å². The molecule has 0 radical (unpaired) electrons. The normalized spacial score (nSPS) is 10.7. The highest BCUT2D eigenvalue weighted by atomic mass is 16.5. The second kappa shape index (κ2) is 8.25.